The molecule has 34 heavy (non-hydrogen) atoms. The third-order valence-corrected chi connectivity index (χ3v) is 7.33. The molecule has 0 saturated heterocycles. The Hall–Kier alpha value is -2.23. The lowest BCUT2D eigenvalue weighted by atomic mass is 9.82. The monoisotopic (exact) mass is 493 g/mol. The van der Waals surface area contributed by atoms with E-state index in [9.17, 15) is 23.2 Å². The van der Waals surface area contributed by atoms with Crippen LogP contribution < -0.4 is 10.9 Å². The van der Waals surface area contributed by atoms with E-state index in [0.29, 0.717) is 19.3 Å². The zero-order valence-corrected chi connectivity index (χ0v) is 21.3. The van der Waals surface area contributed by atoms with Crippen molar-refractivity contribution in [1.82, 2.24) is 15.3 Å². The first-order valence-electron chi connectivity index (χ1n) is 12.1. The van der Waals surface area contributed by atoms with Crippen LogP contribution in [0.1, 0.15) is 70.8 Å². The highest BCUT2D eigenvalue weighted by Crippen LogP contribution is 2.27. The molecule has 1 aromatic rings. The number of hydrogen-bond acceptors (Lipinski definition) is 5. The van der Waals surface area contributed by atoms with Crippen LogP contribution in [0.15, 0.2) is 36.4 Å². The summed E-state index contributed by atoms with van der Waals surface area (Å²) >= 11 is 0. The quantitative estimate of drug-likeness (QED) is 0.246. The molecule has 0 bridgehead atoms. The molecule has 1 fully saturated rings. The minimum Gasteiger partial charge on any atom is -0.289 e. The van der Waals surface area contributed by atoms with Gasteiger partial charge in [0.2, 0.25) is 21.8 Å². The van der Waals surface area contributed by atoms with E-state index in [4.69, 9.17) is 0 Å². The van der Waals surface area contributed by atoms with Gasteiger partial charge in [-0.1, -0.05) is 82.0 Å². The van der Waals surface area contributed by atoms with Gasteiger partial charge in [0.1, 0.15) is 0 Å². The average Bonchev–Trinajstić information content (AvgIpc) is 3.07. The number of rotatable bonds is 11. The van der Waals surface area contributed by atoms with Crippen LogP contribution in [0.3, 0.4) is 0 Å². The van der Waals surface area contributed by atoms with Crippen LogP contribution in [0.25, 0.3) is 6.08 Å². The number of allylic oxidation sites excluding steroid dienone is 1. The number of carbonyl (C=O) groups is 2. The number of amides is 2. The summed E-state index contributed by atoms with van der Waals surface area (Å²) in [6, 6.07) is 9.26. The smallest absolute Gasteiger partial charge is 0.247 e. The molecule has 2 amide bonds. The number of hydrogen-bond donors (Lipinski definition) is 3. The Labute approximate surface area is 203 Å². The molecule has 1 saturated carbocycles. The van der Waals surface area contributed by atoms with Crippen molar-refractivity contribution >= 4 is 27.9 Å². The fraction of sp³-hybridized carbons (Fsp3) is 0.600. The van der Waals surface area contributed by atoms with Gasteiger partial charge in [-0.25, -0.2) is 13.9 Å². The maximum Gasteiger partial charge on any atom is 0.247 e. The second-order valence-corrected chi connectivity index (χ2v) is 11.4. The van der Waals surface area contributed by atoms with Crippen molar-refractivity contribution in [2.24, 2.45) is 17.8 Å². The lowest BCUT2D eigenvalue weighted by molar-refractivity contribution is -0.142. The molecule has 2 rings (SSSR count). The third kappa shape index (κ3) is 8.85. The summed E-state index contributed by atoms with van der Waals surface area (Å²) in [5, 5.41) is 9.37. The Balaban J connectivity index is 2.28. The van der Waals surface area contributed by atoms with Gasteiger partial charge in [0.15, 0.2) is 0 Å². The highest BCUT2D eigenvalue weighted by atomic mass is 32.2. The number of sulfonamides is 1. The van der Waals surface area contributed by atoms with Gasteiger partial charge in [-0.2, -0.15) is 0 Å². The Kier molecular flexibility index (Phi) is 11.2. The molecule has 190 valence electrons. The summed E-state index contributed by atoms with van der Waals surface area (Å²) in [4.78, 5) is 26.1. The van der Waals surface area contributed by atoms with E-state index in [1.807, 2.05) is 50.3 Å². The summed E-state index contributed by atoms with van der Waals surface area (Å²) in [6.07, 6.45) is 10.6. The van der Waals surface area contributed by atoms with Gasteiger partial charge < -0.3 is 0 Å². The van der Waals surface area contributed by atoms with Gasteiger partial charge in [-0.3, -0.25) is 20.2 Å². The zero-order chi connectivity index (χ0) is 25.1. The number of hydroxylamine groups is 1. The van der Waals surface area contributed by atoms with Crippen molar-refractivity contribution < 1.29 is 23.2 Å². The minimum absolute atomic E-state index is 0.0763. The molecule has 0 unspecified atom stereocenters. The normalized spacial score (nSPS) is 17.5. The van der Waals surface area contributed by atoms with Crippen molar-refractivity contribution in [3.8, 4) is 0 Å². The fourth-order valence-corrected chi connectivity index (χ4v) is 5.55. The molecular weight excluding hydrogens is 454 g/mol. The van der Waals surface area contributed by atoms with E-state index in [0.717, 1.165) is 41.9 Å². The fourth-order valence-electron chi connectivity index (χ4n) is 4.54. The Morgan fingerprint density at radius 3 is 2.21 bits per heavy atom. The van der Waals surface area contributed by atoms with Gasteiger partial charge >= 0.3 is 0 Å². The topological polar surface area (TPSA) is 116 Å². The summed E-state index contributed by atoms with van der Waals surface area (Å²) in [5.41, 5.74) is 5.29. The number of nitrogens with one attached hydrogen (secondary N) is 2. The zero-order valence-electron chi connectivity index (χ0n) is 20.4. The molecule has 0 aliphatic heterocycles. The van der Waals surface area contributed by atoms with Gasteiger partial charge in [0, 0.05) is 6.04 Å². The predicted molar refractivity (Wildman–Crippen MR) is 133 cm³/mol. The molecule has 1 aromatic carbocycles. The van der Waals surface area contributed by atoms with E-state index < -0.39 is 33.7 Å². The van der Waals surface area contributed by atoms with Crippen molar-refractivity contribution in [1.29, 1.82) is 0 Å². The lowest BCUT2D eigenvalue weighted by Crippen LogP contribution is -2.54. The van der Waals surface area contributed by atoms with Gasteiger partial charge in [-0.05, 0) is 37.2 Å². The first kappa shape index (κ1) is 28.0. The van der Waals surface area contributed by atoms with Crippen molar-refractivity contribution in [2.75, 3.05) is 6.26 Å². The highest BCUT2D eigenvalue weighted by Gasteiger charge is 2.37. The van der Waals surface area contributed by atoms with E-state index in [2.05, 4.69) is 5.43 Å². The molecule has 0 radical (unpaired) electrons. The van der Waals surface area contributed by atoms with Crippen LogP contribution in [0, 0.1) is 17.8 Å². The van der Waals surface area contributed by atoms with Crippen LogP contribution in [0.4, 0.5) is 0 Å². The van der Waals surface area contributed by atoms with E-state index in [1.165, 1.54) is 0 Å². The standard InChI is InChI=1S/C25H39N3O5S/c1-19(2)18-23(22(25(30)27-31)17-11-14-20-12-7-6-8-13-20)24(29)26-28(34(3,32)33)21-15-9-4-5-10-16-21/h6-8,11-14,19,21-23,31H,4-5,9-10,15-18H2,1-3H3,(H,26,29)(H,27,30)/b14-11+/t22-,23+/m0/s1. The van der Waals surface area contributed by atoms with Crippen LogP contribution >= 0.6 is 0 Å². The summed E-state index contributed by atoms with van der Waals surface area (Å²) < 4.78 is 26.3. The van der Waals surface area contributed by atoms with Crippen LogP contribution in [-0.4, -0.2) is 42.2 Å². The third-order valence-electron chi connectivity index (χ3n) is 6.23. The van der Waals surface area contributed by atoms with Gasteiger partial charge in [-0.15, -0.1) is 4.41 Å². The van der Waals surface area contributed by atoms with E-state index in [-0.39, 0.29) is 18.4 Å². The van der Waals surface area contributed by atoms with Crippen LogP contribution in [0.5, 0.6) is 0 Å². The molecule has 0 heterocycles. The molecule has 0 spiro atoms. The molecule has 0 aromatic heterocycles. The number of benzene rings is 1. The van der Waals surface area contributed by atoms with Crippen molar-refractivity contribution in [3.63, 3.8) is 0 Å². The SMILES string of the molecule is CC(C)C[C@@H](C(=O)NN(C1CCCCCC1)S(C)(=O)=O)[C@H](C/C=C/c1ccccc1)C(=O)NO. The van der Waals surface area contributed by atoms with Crippen LogP contribution in [0.2, 0.25) is 0 Å². The van der Waals surface area contributed by atoms with E-state index in [1.54, 1.807) is 11.6 Å². The summed E-state index contributed by atoms with van der Waals surface area (Å²) in [5.74, 6) is -2.79. The number of carbonyl (C=O) groups excluding carboxylic acids is 2. The Morgan fingerprint density at radius 2 is 1.68 bits per heavy atom. The van der Waals surface area contributed by atoms with E-state index >= 15 is 0 Å². The average molecular weight is 494 g/mol. The van der Waals surface area contributed by atoms with Crippen molar-refractivity contribution in [3.05, 3.63) is 42.0 Å². The maximum absolute atomic E-state index is 13.5. The lowest BCUT2D eigenvalue weighted by Gasteiger charge is -2.32. The number of nitrogens with zero attached hydrogens (tertiary/aromatic N) is 1. The summed E-state index contributed by atoms with van der Waals surface area (Å²) in [6.45, 7) is 3.88. The Bertz CT molecular complexity index is 910. The maximum atomic E-state index is 13.5. The minimum atomic E-state index is -3.70. The van der Waals surface area contributed by atoms with Gasteiger partial charge in [0.05, 0.1) is 18.1 Å². The molecule has 3 N–H and O–H groups in total. The second-order valence-electron chi connectivity index (χ2n) is 9.55. The summed E-state index contributed by atoms with van der Waals surface area (Å²) in [7, 11) is -3.70. The highest BCUT2D eigenvalue weighted by molar-refractivity contribution is 7.88. The molecular formula is C25H39N3O5S. The molecule has 1 aliphatic carbocycles. The second kappa shape index (κ2) is 13.6. The molecule has 1 aliphatic rings. The first-order valence-corrected chi connectivity index (χ1v) is 13.9. The molecule has 9 heteroatoms. The predicted octanol–water partition coefficient (Wildman–Crippen LogP) is 3.89. The number of hydrazine groups is 1. The van der Waals surface area contributed by atoms with Crippen molar-refractivity contribution in [2.45, 2.75) is 71.3 Å². The van der Waals surface area contributed by atoms with Crippen LogP contribution in [-0.2, 0) is 19.6 Å². The molecule has 2 atom stereocenters. The molecule has 8 nitrogen and oxygen atoms in total. The first-order chi connectivity index (χ1) is 16.1. The van der Waals surface area contributed by atoms with Gasteiger partial charge in [0.25, 0.3) is 0 Å². The largest absolute Gasteiger partial charge is 0.289 e. The Morgan fingerprint density at radius 1 is 1.06 bits per heavy atom.